The summed E-state index contributed by atoms with van der Waals surface area (Å²) in [6.07, 6.45) is 4.24. The highest BCUT2D eigenvalue weighted by molar-refractivity contribution is 6.27. The first-order valence-electron chi connectivity index (χ1n) is 7.75. The SMILES string of the molecule is CC(C)(C)OC(=O)N1CCCC12CCNCC2.O=C(O)C(=O)O. The second-order valence-corrected chi connectivity index (χ2v) is 6.82. The van der Waals surface area contributed by atoms with Crippen molar-refractivity contribution in [2.45, 2.75) is 57.6 Å². The molecular formula is C15H26N2O6. The molecule has 0 aromatic carbocycles. The Bertz CT molecular complexity index is 439. The molecule has 0 aliphatic carbocycles. The van der Waals surface area contributed by atoms with Gasteiger partial charge in [-0.3, -0.25) is 0 Å². The number of nitrogens with zero attached hydrogens (tertiary/aromatic N) is 1. The fraction of sp³-hybridized carbons (Fsp3) is 0.800. The van der Waals surface area contributed by atoms with Crippen LogP contribution < -0.4 is 5.32 Å². The van der Waals surface area contributed by atoms with Crippen LogP contribution in [-0.4, -0.2) is 63.9 Å². The number of carbonyl (C=O) groups excluding carboxylic acids is 1. The zero-order chi connectivity index (χ0) is 17.7. The number of carboxylic acid groups (broad SMARTS) is 2. The average Bonchev–Trinajstić information content (AvgIpc) is 2.81. The zero-order valence-corrected chi connectivity index (χ0v) is 13.9. The fourth-order valence-electron chi connectivity index (χ4n) is 2.95. The maximum atomic E-state index is 12.2. The van der Waals surface area contributed by atoms with Gasteiger partial charge < -0.3 is 25.2 Å². The van der Waals surface area contributed by atoms with Gasteiger partial charge in [-0.25, -0.2) is 14.4 Å². The first-order chi connectivity index (χ1) is 10.6. The molecule has 8 heteroatoms. The number of piperidine rings is 1. The molecule has 0 aromatic rings. The van der Waals surface area contributed by atoms with Crippen molar-refractivity contribution < 1.29 is 29.3 Å². The lowest BCUT2D eigenvalue weighted by Crippen LogP contribution is -2.54. The minimum absolute atomic E-state index is 0.0770. The Morgan fingerprint density at radius 2 is 1.57 bits per heavy atom. The molecule has 0 aromatic heterocycles. The van der Waals surface area contributed by atoms with Gasteiger partial charge in [0.05, 0.1) is 0 Å². The van der Waals surface area contributed by atoms with E-state index in [1.54, 1.807) is 0 Å². The van der Waals surface area contributed by atoms with E-state index in [0.717, 1.165) is 45.3 Å². The Morgan fingerprint density at radius 1 is 1.04 bits per heavy atom. The predicted octanol–water partition coefficient (Wildman–Crippen LogP) is 1.30. The standard InChI is InChI=1S/C13H24N2O2.C2H2O4/c1-12(2,3)17-11(16)15-10-4-5-13(15)6-8-14-9-7-13;3-1(4)2(5)6/h14H,4-10H2,1-3H3;(H,3,4)(H,5,6). The largest absolute Gasteiger partial charge is 0.473 e. The van der Waals surface area contributed by atoms with Crippen molar-refractivity contribution in [3.63, 3.8) is 0 Å². The molecule has 0 unspecified atom stereocenters. The third-order valence-electron chi connectivity index (χ3n) is 3.93. The van der Waals surface area contributed by atoms with Crippen LogP contribution in [-0.2, 0) is 14.3 Å². The molecule has 8 nitrogen and oxygen atoms in total. The lowest BCUT2D eigenvalue weighted by molar-refractivity contribution is -0.159. The highest BCUT2D eigenvalue weighted by Gasteiger charge is 2.45. The molecular weight excluding hydrogens is 304 g/mol. The van der Waals surface area contributed by atoms with Gasteiger partial charge in [-0.05, 0) is 59.5 Å². The van der Waals surface area contributed by atoms with E-state index in [9.17, 15) is 4.79 Å². The molecule has 0 radical (unpaired) electrons. The number of rotatable bonds is 0. The van der Waals surface area contributed by atoms with Gasteiger partial charge in [0, 0.05) is 12.1 Å². The van der Waals surface area contributed by atoms with Crippen LogP contribution in [0.1, 0.15) is 46.5 Å². The van der Waals surface area contributed by atoms with Crippen LogP contribution in [0.3, 0.4) is 0 Å². The lowest BCUT2D eigenvalue weighted by Gasteiger charge is -2.42. The van der Waals surface area contributed by atoms with Gasteiger partial charge in [0.15, 0.2) is 0 Å². The third kappa shape index (κ3) is 5.70. The second-order valence-electron chi connectivity index (χ2n) is 6.82. The second kappa shape index (κ2) is 7.63. The minimum atomic E-state index is -1.82. The van der Waals surface area contributed by atoms with Gasteiger partial charge in [-0.1, -0.05) is 0 Å². The van der Waals surface area contributed by atoms with Crippen molar-refractivity contribution in [1.29, 1.82) is 0 Å². The normalized spacial score (nSPS) is 19.7. The lowest BCUT2D eigenvalue weighted by atomic mass is 9.86. The van der Waals surface area contributed by atoms with Crippen LogP contribution in [0.2, 0.25) is 0 Å². The summed E-state index contributed by atoms with van der Waals surface area (Å²) < 4.78 is 5.52. The number of likely N-dealkylation sites (tertiary alicyclic amines) is 1. The number of ether oxygens (including phenoxy) is 1. The highest BCUT2D eigenvalue weighted by Crippen LogP contribution is 2.37. The topological polar surface area (TPSA) is 116 Å². The predicted molar refractivity (Wildman–Crippen MR) is 82.3 cm³/mol. The molecule has 2 aliphatic heterocycles. The molecule has 132 valence electrons. The van der Waals surface area contributed by atoms with Gasteiger partial charge >= 0.3 is 18.0 Å². The van der Waals surface area contributed by atoms with Crippen molar-refractivity contribution in [3.05, 3.63) is 0 Å². The van der Waals surface area contributed by atoms with E-state index in [0.29, 0.717) is 0 Å². The maximum Gasteiger partial charge on any atom is 0.414 e. The molecule has 0 atom stereocenters. The van der Waals surface area contributed by atoms with E-state index in [2.05, 4.69) is 5.32 Å². The van der Waals surface area contributed by atoms with Gasteiger partial charge in [0.2, 0.25) is 0 Å². The van der Waals surface area contributed by atoms with Gasteiger partial charge in [-0.2, -0.15) is 0 Å². The number of carbonyl (C=O) groups is 3. The maximum absolute atomic E-state index is 12.2. The van der Waals surface area contributed by atoms with E-state index in [-0.39, 0.29) is 11.6 Å². The fourth-order valence-corrected chi connectivity index (χ4v) is 2.95. The van der Waals surface area contributed by atoms with E-state index in [4.69, 9.17) is 24.5 Å². The molecule has 3 N–H and O–H groups in total. The number of aliphatic carboxylic acids is 2. The first-order valence-corrected chi connectivity index (χ1v) is 7.75. The van der Waals surface area contributed by atoms with E-state index in [1.165, 1.54) is 0 Å². The van der Waals surface area contributed by atoms with E-state index >= 15 is 0 Å². The summed E-state index contributed by atoms with van der Waals surface area (Å²) >= 11 is 0. The summed E-state index contributed by atoms with van der Waals surface area (Å²) in [7, 11) is 0. The Balaban J connectivity index is 0.000000379. The van der Waals surface area contributed by atoms with Crippen molar-refractivity contribution in [2.24, 2.45) is 0 Å². The third-order valence-corrected chi connectivity index (χ3v) is 3.93. The summed E-state index contributed by atoms with van der Waals surface area (Å²) in [6.45, 7) is 8.66. The molecule has 1 amide bonds. The van der Waals surface area contributed by atoms with Gasteiger partial charge in [0.25, 0.3) is 0 Å². The first kappa shape index (κ1) is 19.2. The van der Waals surface area contributed by atoms with Crippen molar-refractivity contribution >= 4 is 18.0 Å². The molecule has 2 saturated heterocycles. The molecule has 2 rings (SSSR count). The molecule has 2 fully saturated rings. The summed E-state index contributed by atoms with van der Waals surface area (Å²) in [4.78, 5) is 32.4. The molecule has 0 saturated carbocycles. The summed E-state index contributed by atoms with van der Waals surface area (Å²) in [5.41, 5.74) is -0.318. The molecule has 0 bridgehead atoms. The Hall–Kier alpha value is -1.83. The average molecular weight is 330 g/mol. The molecule has 2 aliphatic rings. The van der Waals surface area contributed by atoms with Crippen molar-refractivity contribution in [3.8, 4) is 0 Å². The number of hydrogen-bond donors (Lipinski definition) is 3. The van der Waals surface area contributed by atoms with Gasteiger partial charge in [0.1, 0.15) is 5.60 Å². The number of hydrogen-bond acceptors (Lipinski definition) is 5. The summed E-state index contributed by atoms with van der Waals surface area (Å²) in [6, 6.07) is 0. The van der Waals surface area contributed by atoms with E-state index < -0.39 is 17.5 Å². The van der Waals surface area contributed by atoms with Crippen LogP contribution >= 0.6 is 0 Å². The van der Waals surface area contributed by atoms with Crippen LogP contribution in [0.4, 0.5) is 4.79 Å². The zero-order valence-electron chi connectivity index (χ0n) is 13.9. The quantitative estimate of drug-likeness (QED) is 0.573. The Kier molecular flexibility index (Phi) is 6.37. The van der Waals surface area contributed by atoms with E-state index in [1.807, 2.05) is 25.7 Å². The summed E-state index contributed by atoms with van der Waals surface area (Å²) in [5, 5.41) is 18.1. The Labute approximate surface area is 135 Å². The van der Waals surface area contributed by atoms with Crippen molar-refractivity contribution in [2.75, 3.05) is 19.6 Å². The monoisotopic (exact) mass is 330 g/mol. The Morgan fingerprint density at radius 3 is 2.00 bits per heavy atom. The summed E-state index contributed by atoms with van der Waals surface area (Å²) in [5.74, 6) is -3.65. The van der Waals surface area contributed by atoms with Gasteiger partial charge in [-0.15, -0.1) is 0 Å². The minimum Gasteiger partial charge on any atom is -0.473 e. The van der Waals surface area contributed by atoms with Crippen LogP contribution in [0.15, 0.2) is 0 Å². The van der Waals surface area contributed by atoms with Crippen LogP contribution in [0.5, 0.6) is 0 Å². The molecule has 1 spiro atoms. The van der Waals surface area contributed by atoms with Crippen LogP contribution in [0, 0.1) is 0 Å². The highest BCUT2D eigenvalue weighted by atomic mass is 16.6. The number of carboxylic acids is 2. The molecule has 2 heterocycles. The van der Waals surface area contributed by atoms with Crippen molar-refractivity contribution in [1.82, 2.24) is 10.2 Å². The molecule has 23 heavy (non-hydrogen) atoms. The number of nitrogens with one attached hydrogen (secondary N) is 1. The van der Waals surface area contributed by atoms with Crippen LogP contribution in [0.25, 0.3) is 0 Å². The smallest absolute Gasteiger partial charge is 0.414 e. The number of amides is 1.